The van der Waals surface area contributed by atoms with Gasteiger partial charge in [-0.1, -0.05) is 25.4 Å². The van der Waals surface area contributed by atoms with Gasteiger partial charge in [-0.15, -0.1) is 0 Å². The van der Waals surface area contributed by atoms with Crippen LogP contribution in [0.25, 0.3) is 0 Å². The summed E-state index contributed by atoms with van der Waals surface area (Å²) < 4.78 is 0. The Balaban J connectivity index is 2.76. The Kier molecular flexibility index (Phi) is 3.70. The molecule has 0 spiro atoms. The fraction of sp³-hybridized carbons (Fsp3) is 0.500. The van der Waals surface area contributed by atoms with Crippen LogP contribution < -0.4 is 5.73 Å². The molecule has 0 aliphatic heterocycles. The first-order valence-electron chi connectivity index (χ1n) is 4.46. The Morgan fingerprint density at radius 3 is 2.77 bits per heavy atom. The summed E-state index contributed by atoms with van der Waals surface area (Å²) in [5, 5.41) is 0.663. The summed E-state index contributed by atoms with van der Waals surface area (Å²) in [5.41, 5.74) is 6.98. The zero-order valence-electron chi connectivity index (χ0n) is 8.00. The van der Waals surface area contributed by atoms with E-state index in [0.717, 1.165) is 12.0 Å². The van der Waals surface area contributed by atoms with Crippen LogP contribution in [0.2, 0.25) is 5.02 Å². The van der Waals surface area contributed by atoms with Gasteiger partial charge in [0.05, 0.1) is 5.02 Å². The predicted octanol–water partition coefficient (Wildman–Crippen LogP) is 2.78. The van der Waals surface area contributed by atoms with Gasteiger partial charge in [0.1, 0.15) is 0 Å². The van der Waals surface area contributed by atoms with E-state index in [-0.39, 0.29) is 6.04 Å². The van der Waals surface area contributed by atoms with Gasteiger partial charge in [-0.05, 0) is 24.0 Å². The second-order valence-corrected chi connectivity index (χ2v) is 4.04. The molecule has 1 aromatic rings. The quantitative estimate of drug-likeness (QED) is 0.811. The smallest absolute Gasteiger partial charge is 0.0637 e. The third-order valence-electron chi connectivity index (χ3n) is 1.93. The molecule has 1 atom stereocenters. The van der Waals surface area contributed by atoms with E-state index in [9.17, 15) is 0 Å². The molecule has 2 nitrogen and oxygen atoms in total. The molecular weight excluding hydrogens is 184 g/mol. The average Bonchev–Trinajstić information content (AvgIpc) is 2.03. The second-order valence-electron chi connectivity index (χ2n) is 3.63. The van der Waals surface area contributed by atoms with Gasteiger partial charge in [-0.3, -0.25) is 4.98 Å². The number of nitrogens with two attached hydrogens (primary N) is 1. The van der Waals surface area contributed by atoms with Crippen LogP contribution in [0.5, 0.6) is 0 Å². The van der Waals surface area contributed by atoms with Crippen LogP contribution in [0.15, 0.2) is 18.5 Å². The Hall–Kier alpha value is -0.600. The van der Waals surface area contributed by atoms with E-state index in [1.165, 1.54) is 0 Å². The van der Waals surface area contributed by atoms with Crippen LogP contribution in [0, 0.1) is 5.92 Å². The molecular formula is C10H15ClN2. The summed E-state index contributed by atoms with van der Waals surface area (Å²) in [7, 11) is 0. The lowest BCUT2D eigenvalue weighted by atomic mass is 9.99. The molecule has 0 saturated heterocycles. The lowest BCUT2D eigenvalue weighted by Crippen LogP contribution is -2.13. The SMILES string of the molecule is CC(C)C[C@@H](N)c1ccncc1Cl. The van der Waals surface area contributed by atoms with Crippen LogP contribution in [0.1, 0.15) is 31.9 Å². The maximum Gasteiger partial charge on any atom is 0.0637 e. The summed E-state index contributed by atoms with van der Waals surface area (Å²) in [5.74, 6) is 0.583. The van der Waals surface area contributed by atoms with Crippen molar-refractivity contribution < 1.29 is 0 Å². The van der Waals surface area contributed by atoms with Gasteiger partial charge in [-0.25, -0.2) is 0 Å². The Morgan fingerprint density at radius 1 is 1.54 bits per heavy atom. The molecule has 72 valence electrons. The van der Waals surface area contributed by atoms with E-state index in [1.54, 1.807) is 12.4 Å². The van der Waals surface area contributed by atoms with Crippen LogP contribution in [-0.4, -0.2) is 4.98 Å². The Labute approximate surface area is 84.1 Å². The molecule has 1 rings (SSSR count). The normalized spacial score (nSPS) is 13.3. The highest BCUT2D eigenvalue weighted by Gasteiger charge is 2.10. The minimum atomic E-state index is 0.0236. The van der Waals surface area contributed by atoms with Crippen LogP contribution >= 0.6 is 11.6 Å². The van der Waals surface area contributed by atoms with E-state index < -0.39 is 0 Å². The van der Waals surface area contributed by atoms with Crippen molar-refractivity contribution in [1.82, 2.24) is 4.98 Å². The van der Waals surface area contributed by atoms with Crippen LogP contribution in [0.4, 0.5) is 0 Å². The molecule has 0 aliphatic carbocycles. The monoisotopic (exact) mass is 198 g/mol. The van der Waals surface area contributed by atoms with Crippen molar-refractivity contribution in [2.24, 2.45) is 11.7 Å². The summed E-state index contributed by atoms with van der Waals surface area (Å²) >= 11 is 5.96. The van der Waals surface area contributed by atoms with E-state index in [1.807, 2.05) is 6.07 Å². The molecule has 13 heavy (non-hydrogen) atoms. The van der Waals surface area contributed by atoms with Crippen molar-refractivity contribution in [1.29, 1.82) is 0 Å². The molecule has 0 unspecified atom stereocenters. The molecule has 0 bridgehead atoms. The van der Waals surface area contributed by atoms with Crippen molar-refractivity contribution >= 4 is 11.6 Å². The zero-order chi connectivity index (χ0) is 9.84. The van der Waals surface area contributed by atoms with Crippen molar-refractivity contribution in [3.63, 3.8) is 0 Å². The second kappa shape index (κ2) is 4.58. The first-order chi connectivity index (χ1) is 6.11. The first-order valence-corrected chi connectivity index (χ1v) is 4.84. The van der Waals surface area contributed by atoms with Gasteiger partial charge < -0.3 is 5.73 Å². The third-order valence-corrected chi connectivity index (χ3v) is 2.24. The third kappa shape index (κ3) is 2.98. The molecule has 0 aliphatic rings. The first kappa shape index (κ1) is 10.5. The maximum absolute atomic E-state index is 5.98. The number of nitrogens with zero attached hydrogens (tertiary/aromatic N) is 1. The molecule has 0 aromatic carbocycles. The fourth-order valence-corrected chi connectivity index (χ4v) is 1.58. The van der Waals surface area contributed by atoms with Gasteiger partial charge >= 0.3 is 0 Å². The standard InChI is InChI=1S/C10H15ClN2/c1-7(2)5-10(12)8-3-4-13-6-9(8)11/h3-4,6-7,10H,5,12H2,1-2H3/t10-/m1/s1. The molecule has 0 fully saturated rings. The lowest BCUT2D eigenvalue weighted by molar-refractivity contribution is 0.510. The van der Waals surface area contributed by atoms with E-state index >= 15 is 0 Å². The predicted molar refractivity (Wildman–Crippen MR) is 55.6 cm³/mol. The number of hydrogen-bond acceptors (Lipinski definition) is 2. The summed E-state index contributed by atoms with van der Waals surface area (Å²) in [6, 6.07) is 1.91. The summed E-state index contributed by atoms with van der Waals surface area (Å²) in [4.78, 5) is 3.92. The van der Waals surface area contributed by atoms with Gasteiger partial charge in [0.15, 0.2) is 0 Å². The molecule has 1 aromatic heterocycles. The Bertz CT molecular complexity index is 273. The summed E-state index contributed by atoms with van der Waals surface area (Å²) in [6.07, 6.45) is 4.31. The minimum Gasteiger partial charge on any atom is -0.324 e. The van der Waals surface area contributed by atoms with E-state index in [2.05, 4.69) is 18.8 Å². The summed E-state index contributed by atoms with van der Waals surface area (Å²) in [6.45, 7) is 4.30. The molecule has 0 radical (unpaired) electrons. The molecule has 0 saturated carbocycles. The zero-order valence-corrected chi connectivity index (χ0v) is 8.75. The highest BCUT2D eigenvalue weighted by Crippen LogP contribution is 2.24. The highest BCUT2D eigenvalue weighted by atomic mass is 35.5. The van der Waals surface area contributed by atoms with Crippen LogP contribution in [0.3, 0.4) is 0 Å². The number of halogens is 1. The number of rotatable bonds is 3. The fourth-order valence-electron chi connectivity index (χ4n) is 1.32. The molecule has 3 heteroatoms. The van der Waals surface area contributed by atoms with Crippen LogP contribution in [-0.2, 0) is 0 Å². The molecule has 0 amide bonds. The number of pyridine rings is 1. The van der Waals surface area contributed by atoms with Gasteiger partial charge in [0, 0.05) is 18.4 Å². The van der Waals surface area contributed by atoms with Crippen molar-refractivity contribution in [2.75, 3.05) is 0 Å². The van der Waals surface area contributed by atoms with E-state index in [4.69, 9.17) is 17.3 Å². The highest BCUT2D eigenvalue weighted by molar-refractivity contribution is 6.31. The van der Waals surface area contributed by atoms with Crippen molar-refractivity contribution in [3.05, 3.63) is 29.0 Å². The molecule has 1 heterocycles. The Morgan fingerprint density at radius 2 is 2.23 bits per heavy atom. The van der Waals surface area contributed by atoms with Crippen molar-refractivity contribution in [3.8, 4) is 0 Å². The average molecular weight is 199 g/mol. The number of hydrogen-bond donors (Lipinski definition) is 1. The van der Waals surface area contributed by atoms with Crippen molar-refractivity contribution in [2.45, 2.75) is 26.3 Å². The largest absolute Gasteiger partial charge is 0.324 e. The van der Waals surface area contributed by atoms with Gasteiger partial charge in [-0.2, -0.15) is 0 Å². The van der Waals surface area contributed by atoms with E-state index in [0.29, 0.717) is 10.9 Å². The topological polar surface area (TPSA) is 38.9 Å². The minimum absolute atomic E-state index is 0.0236. The molecule has 2 N–H and O–H groups in total. The lowest BCUT2D eigenvalue weighted by Gasteiger charge is -2.15. The number of aromatic nitrogens is 1. The van der Waals surface area contributed by atoms with Gasteiger partial charge in [0.25, 0.3) is 0 Å². The maximum atomic E-state index is 5.98. The van der Waals surface area contributed by atoms with Gasteiger partial charge in [0.2, 0.25) is 0 Å².